The van der Waals surface area contributed by atoms with Gasteiger partial charge in [-0.3, -0.25) is 0 Å². The molecule has 1 aromatic heterocycles. The van der Waals surface area contributed by atoms with Gasteiger partial charge in [0, 0.05) is 36.8 Å². The van der Waals surface area contributed by atoms with Crippen molar-refractivity contribution in [2.45, 2.75) is 26.3 Å². The molecule has 128 valence electrons. The SMILES string of the molecule is Cc1ccc(Br)cc1CNc1cc(N2CCCC(CO)C2)ncn1. The predicted molar refractivity (Wildman–Crippen MR) is 100 cm³/mol. The fourth-order valence-electron chi connectivity index (χ4n) is 3.06. The van der Waals surface area contributed by atoms with Gasteiger partial charge in [-0.15, -0.1) is 0 Å². The van der Waals surface area contributed by atoms with E-state index in [1.54, 1.807) is 6.33 Å². The monoisotopic (exact) mass is 390 g/mol. The Bertz CT molecular complexity index is 694. The van der Waals surface area contributed by atoms with Crippen LogP contribution in [0.4, 0.5) is 11.6 Å². The van der Waals surface area contributed by atoms with E-state index in [2.05, 4.69) is 61.2 Å². The molecule has 1 fully saturated rings. The van der Waals surface area contributed by atoms with Gasteiger partial charge < -0.3 is 15.3 Å². The van der Waals surface area contributed by atoms with Gasteiger partial charge in [0.25, 0.3) is 0 Å². The summed E-state index contributed by atoms with van der Waals surface area (Å²) in [5.74, 6) is 2.09. The lowest BCUT2D eigenvalue weighted by atomic mass is 9.99. The number of aryl methyl sites for hydroxylation is 1. The van der Waals surface area contributed by atoms with E-state index in [-0.39, 0.29) is 6.61 Å². The van der Waals surface area contributed by atoms with E-state index >= 15 is 0 Å². The number of rotatable bonds is 5. The van der Waals surface area contributed by atoms with Crippen LogP contribution in [0.5, 0.6) is 0 Å². The Morgan fingerprint density at radius 3 is 3.04 bits per heavy atom. The molecule has 0 bridgehead atoms. The molecule has 1 unspecified atom stereocenters. The highest BCUT2D eigenvalue weighted by Gasteiger charge is 2.20. The van der Waals surface area contributed by atoms with Crippen molar-refractivity contribution < 1.29 is 5.11 Å². The molecule has 2 N–H and O–H groups in total. The maximum Gasteiger partial charge on any atom is 0.134 e. The van der Waals surface area contributed by atoms with Gasteiger partial charge in [0.2, 0.25) is 0 Å². The van der Waals surface area contributed by atoms with Crippen molar-refractivity contribution in [3.63, 3.8) is 0 Å². The molecule has 5 nitrogen and oxygen atoms in total. The van der Waals surface area contributed by atoms with Crippen molar-refractivity contribution in [1.82, 2.24) is 9.97 Å². The average molecular weight is 391 g/mol. The van der Waals surface area contributed by atoms with Crippen molar-refractivity contribution in [2.24, 2.45) is 5.92 Å². The van der Waals surface area contributed by atoms with Crippen molar-refractivity contribution in [1.29, 1.82) is 0 Å². The molecular formula is C18H23BrN4O. The fraction of sp³-hybridized carbons (Fsp3) is 0.444. The lowest BCUT2D eigenvalue weighted by Crippen LogP contribution is -2.37. The van der Waals surface area contributed by atoms with Gasteiger partial charge in [0.15, 0.2) is 0 Å². The van der Waals surface area contributed by atoms with Crippen LogP contribution in [0.1, 0.15) is 24.0 Å². The molecule has 0 radical (unpaired) electrons. The number of aliphatic hydroxyl groups is 1. The highest BCUT2D eigenvalue weighted by atomic mass is 79.9. The van der Waals surface area contributed by atoms with Crippen molar-refractivity contribution in [3.05, 3.63) is 46.2 Å². The van der Waals surface area contributed by atoms with Crippen LogP contribution < -0.4 is 10.2 Å². The average Bonchev–Trinajstić information content (AvgIpc) is 2.63. The first-order valence-corrected chi connectivity index (χ1v) is 9.12. The Balaban J connectivity index is 1.68. The van der Waals surface area contributed by atoms with E-state index in [9.17, 15) is 5.11 Å². The number of hydrogen-bond acceptors (Lipinski definition) is 5. The van der Waals surface area contributed by atoms with E-state index in [0.717, 1.165) is 48.6 Å². The van der Waals surface area contributed by atoms with Crippen LogP contribution in [0.25, 0.3) is 0 Å². The highest BCUT2D eigenvalue weighted by Crippen LogP contribution is 2.23. The topological polar surface area (TPSA) is 61.3 Å². The predicted octanol–water partition coefficient (Wildman–Crippen LogP) is 3.37. The molecule has 2 aromatic rings. The summed E-state index contributed by atoms with van der Waals surface area (Å²) >= 11 is 3.52. The van der Waals surface area contributed by atoms with Gasteiger partial charge in [0.1, 0.15) is 18.0 Å². The molecule has 1 saturated heterocycles. The number of hydrogen-bond donors (Lipinski definition) is 2. The Labute approximate surface area is 151 Å². The van der Waals surface area contributed by atoms with Gasteiger partial charge in [-0.05, 0) is 48.9 Å². The van der Waals surface area contributed by atoms with E-state index in [4.69, 9.17) is 0 Å². The number of nitrogens with one attached hydrogen (secondary N) is 1. The lowest BCUT2D eigenvalue weighted by molar-refractivity contribution is 0.208. The third-order valence-corrected chi connectivity index (χ3v) is 5.02. The summed E-state index contributed by atoms with van der Waals surface area (Å²) in [6.07, 6.45) is 3.79. The number of piperidine rings is 1. The summed E-state index contributed by atoms with van der Waals surface area (Å²) < 4.78 is 1.08. The van der Waals surface area contributed by atoms with Crippen molar-refractivity contribution in [2.75, 3.05) is 29.9 Å². The number of aromatic nitrogens is 2. The number of aliphatic hydroxyl groups excluding tert-OH is 1. The largest absolute Gasteiger partial charge is 0.396 e. The first-order valence-electron chi connectivity index (χ1n) is 8.32. The maximum atomic E-state index is 9.39. The standard InChI is InChI=1S/C18H23BrN4O/c1-13-4-5-16(19)7-15(13)9-20-17-8-18(22-12-21-17)23-6-2-3-14(10-23)11-24/h4-5,7-8,12,14,24H,2-3,6,9-11H2,1H3,(H,20,21,22). The third kappa shape index (κ3) is 4.24. The summed E-state index contributed by atoms with van der Waals surface area (Å²) in [6.45, 7) is 4.92. The molecule has 0 spiro atoms. The molecule has 2 heterocycles. The number of anilines is 2. The summed E-state index contributed by atoms with van der Waals surface area (Å²) in [6, 6.07) is 8.28. The number of halogens is 1. The van der Waals surface area contributed by atoms with Crippen LogP contribution >= 0.6 is 15.9 Å². The number of nitrogens with zero attached hydrogens (tertiary/aromatic N) is 3. The second-order valence-electron chi connectivity index (χ2n) is 6.32. The molecular weight excluding hydrogens is 368 g/mol. The quantitative estimate of drug-likeness (QED) is 0.819. The molecule has 0 aliphatic carbocycles. The van der Waals surface area contributed by atoms with Crippen LogP contribution in [0, 0.1) is 12.8 Å². The molecule has 0 amide bonds. The molecule has 6 heteroatoms. The Morgan fingerprint density at radius 2 is 2.21 bits per heavy atom. The molecule has 24 heavy (non-hydrogen) atoms. The smallest absolute Gasteiger partial charge is 0.134 e. The zero-order chi connectivity index (χ0) is 16.9. The van der Waals surface area contributed by atoms with Gasteiger partial charge in [-0.25, -0.2) is 9.97 Å². The Kier molecular flexibility index (Phi) is 5.68. The minimum absolute atomic E-state index is 0.245. The lowest BCUT2D eigenvalue weighted by Gasteiger charge is -2.32. The first kappa shape index (κ1) is 17.2. The molecule has 1 aliphatic rings. The third-order valence-electron chi connectivity index (χ3n) is 4.52. The van der Waals surface area contributed by atoms with Crippen LogP contribution in [-0.4, -0.2) is 34.8 Å². The number of benzene rings is 1. The van der Waals surface area contributed by atoms with E-state index in [0.29, 0.717) is 5.92 Å². The molecule has 0 saturated carbocycles. The van der Waals surface area contributed by atoms with Crippen LogP contribution in [0.3, 0.4) is 0 Å². The van der Waals surface area contributed by atoms with Gasteiger partial charge >= 0.3 is 0 Å². The highest BCUT2D eigenvalue weighted by molar-refractivity contribution is 9.10. The Morgan fingerprint density at radius 1 is 1.33 bits per heavy atom. The zero-order valence-corrected chi connectivity index (χ0v) is 15.5. The van der Waals surface area contributed by atoms with Gasteiger partial charge in [0.05, 0.1) is 0 Å². The van der Waals surface area contributed by atoms with Crippen LogP contribution in [-0.2, 0) is 6.54 Å². The van der Waals surface area contributed by atoms with E-state index < -0.39 is 0 Å². The Hall–Kier alpha value is -1.66. The van der Waals surface area contributed by atoms with Crippen molar-refractivity contribution in [3.8, 4) is 0 Å². The normalized spacial score (nSPS) is 17.8. The van der Waals surface area contributed by atoms with E-state index in [1.807, 2.05) is 6.07 Å². The second-order valence-corrected chi connectivity index (χ2v) is 7.24. The maximum absolute atomic E-state index is 9.39. The van der Waals surface area contributed by atoms with Crippen molar-refractivity contribution >= 4 is 27.6 Å². The zero-order valence-electron chi connectivity index (χ0n) is 13.9. The summed E-state index contributed by atoms with van der Waals surface area (Å²) in [4.78, 5) is 11.0. The molecule has 1 atom stereocenters. The van der Waals surface area contributed by atoms with Crippen LogP contribution in [0.15, 0.2) is 35.1 Å². The van der Waals surface area contributed by atoms with E-state index in [1.165, 1.54) is 11.1 Å². The minimum atomic E-state index is 0.245. The first-order chi connectivity index (χ1) is 11.7. The van der Waals surface area contributed by atoms with Gasteiger partial charge in [-0.1, -0.05) is 22.0 Å². The molecule has 3 rings (SSSR count). The fourth-order valence-corrected chi connectivity index (χ4v) is 3.46. The second kappa shape index (κ2) is 7.94. The molecule has 1 aliphatic heterocycles. The molecule has 1 aromatic carbocycles. The van der Waals surface area contributed by atoms with Crippen LogP contribution in [0.2, 0.25) is 0 Å². The summed E-state index contributed by atoms with van der Waals surface area (Å²) in [5.41, 5.74) is 2.49. The minimum Gasteiger partial charge on any atom is -0.396 e. The summed E-state index contributed by atoms with van der Waals surface area (Å²) in [7, 11) is 0. The summed E-state index contributed by atoms with van der Waals surface area (Å²) in [5, 5.41) is 12.8. The van der Waals surface area contributed by atoms with Gasteiger partial charge in [-0.2, -0.15) is 0 Å².